The van der Waals surface area contributed by atoms with Gasteiger partial charge < -0.3 is 4.74 Å². The number of allylic oxidation sites excluding steroid dienone is 2. The Balaban J connectivity index is 1.56. The summed E-state index contributed by atoms with van der Waals surface area (Å²) in [7, 11) is 0. The summed E-state index contributed by atoms with van der Waals surface area (Å²) in [5, 5.41) is 0. The number of carbonyl (C=O) groups excluding carboxylic acids is 1. The summed E-state index contributed by atoms with van der Waals surface area (Å²) in [6.45, 7) is 27.8. The minimum atomic E-state index is -0.116. The third-order valence-electron chi connectivity index (χ3n) is 12.8. The lowest BCUT2D eigenvalue weighted by Crippen LogP contribution is -2.64. The molecule has 4 rings (SSSR count). The fraction of sp³-hybridized carbons (Fsp3) is 0.848. The molecule has 0 radical (unpaired) electrons. The second kappa shape index (κ2) is 9.05. The standard InChI is InChI=1S/C33H54O2/c1-21(2)22(3)11-12-23(4)25-15-19-32(9)26(25)13-14-28-31(8)18-17-29(35-24(5)34)30(6,7)27(31)16-20-33(28,32)10/h21,25-29H,3-4,11-20H2,1-2,5-10H3/t25-,26-,27+,28-,29+,31+,32-,33-/m1/s1. The maximum atomic E-state index is 11.9. The van der Waals surface area contributed by atoms with E-state index in [9.17, 15) is 4.79 Å². The predicted octanol–water partition coefficient (Wildman–Crippen LogP) is 9.15. The van der Waals surface area contributed by atoms with Crippen molar-refractivity contribution in [2.75, 3.05) is 0 Å². The molecule has 0 heterocycles. The van der Waals surface area contributed by atoms with Crippen LogP contribution in [0.15, 0.2) is 24.3 Å². The molecule has 8 atom stereocenters. The first-order chi connectivity index (χ1) is 16.2. The average Bonchev–Trinajstić information content (AvgIpc) is 3.12. The third-order valence-corrected chi connectivity index (χ3v) is 12.8. The topological polar surface area (TPSA) is 26.3 Å². The highest BCUT2D eigenvalue weighted by atomic mass is 16.5. The fourth-order valence-corrected chi connectivity index (χ4v) is 10.4. The van der Waals surface area contributed by atoms with Crippen LogP contribution in [0.3, 0.4) is 0 Å². The molecule has 2 nitrogen and oxygen atoms in total. The SMILES string of the molecule is C=C(CCC(=C)[C@H]1CC[C@]2(C)[C@@H]1CC[C@@H]1[C@@]3(C)CC[C@H](OC(C)=O)C(C)(C)[C@@H]3CC[C@]12C)C(C)C. The monoisotopic (exact) mass is 482 g/mol. The number of hydrogen-bond acceptors (Lipinski definition) is 2. The van der Waals surface area contributed by atoms with E-state index in [1.165, 1.54) is 56.1 Å². The summed E-state index contributed by atoms with van der Waals surface area (Å²) < 4.78 is 5.89. The molecule has 0 amide bonds. The number of carbonyl (C=O) groups is 1. The molecule has 198 valence electrons. The van der Waals surface area contributed by atoms with Crippen LogP contribution < -0.4 is 0 Å². The van der Waals surface area contributed by atoms with Crippen molar-refractivity contribution in [3.63, 3.8) is 0 Å². The average molecular weight is 483 g/mol. The van der Waals surface area contributed by atoms with Gasteiger partial charge in [-0.15, -0.1) is 0 Å². The van der Waals surface area contributed by atoms with Gasteiger partial charge in [0.25, 0.3) is 0 Å². The summed E-state index contributed by atoms with van der Waals surface area (Å²) in [6, 6.07) is 0. The number of hydrogen-bond donors (Lipinski definition) is 0. The van der Waals surface area contributed by atoms with Crippen molar-refractivity contribution in [3.05, 3.63) is 24.3 Å². The van der Waals surface area contributed by atoms with Gasteiger partial charge in [0, 0.05) is 12.3 Å². The van der Waals surface area contributed by atoms with Crippen LogP contribution in [0.2, 0.25) is 0 Å². The largest absolute Gasteiger partial charge is 0.462 e. The van der Waals surface area contributed by atoms with Crippen LogP contribution >= 0.6 is 0 Å². The Morgan fingerprint density at radius 2 is 1.51 bits per heavy atom. The number of esters is 1. The van der Waals surface area contributed by atoms with Crippen molar-refractivity contribution >= 4 is 5.97 Å². The number of ether oxygens (including phenoxy) is 1. The van der Waals surface area contributed by atoms with E-state index in [0.29, 0.717) is 34.0 Å². The minimum absolute atomic E-state index is 0.0447. The lowest BCUT2D eigenvalue weighted by Gasteiger charge is -2.70. The van der Waals surface area contributed by atoms with Gasteiger partial charge >= 0.3 is 5.97 Å². The highest BCUT2D eigenvalue weighted by molar-refractivity contribution is 5.66. The van der Waals surface area contributed by atoms with Crippen molar-refractivity contribution in [3.8, 4) is 0 Å². The maximum Gasteiger partial charge on any atom is 0.302 e. The number of fused-ring (bicyclic) bond motifs is 5. The van der Waals surface area contributed by atoms with E-state index in [1.54, 1.807) is 6.92 Å². The van der Waals surface area contributed by atoms with Crippen molar-refractivity contribution in [2.24, 2.45) is 51.2 Å². The van der Waals surface area contributed by atoms with Gasteiger partial charge in [-0.05, 0) is 110 Å². The second-order valence-corrected chi connectivity index (χ2v) is 14.7. The summed E-state index contributed by atoms with van der Waals surface area (Å²) in [5.74, 6) is 3.32. The van der Waals surface area contributed by atoms with E-state index in [2.05, 4.69) is 61.6 Å². The maximum absolute atomic E-state index is 11.9. The zero-order valence-electron chi connectivity index (χ0n) is 24.3. The minimum Gasteiger partial charge on any atom is -0.462 e. The molecule has 0 N–H and O–H groups in total. The smallest absolute Gasteiger partial charge is 0.302 e. The highest BCUT2D eigenvalue weighted by Gasteiger charge is 2.68. The molecule has 4 aliphatic carbocycles. The molecule has 4 saturated carbocycles. The second-order valence-electron chi connectivity index (χ2n) is 14.7. The summed E-state index contributed by atoms with van der Waals surface area (Å²) in [6.07, 6.45) is 12.5. The normalized spacial score (nSPS) is 44.2. The van der Waals surface area contributed by atoms with Crippen LogP contribution in [0.25, 0.3) is 0 Å². The molecule has 2 heteroatoms. The zero-order valence-corrected chi connectivity index (χ0v) is 24.3. The Morgan fingerprint density at radius 1 is 0.857 bits per heavy atom. The summed E-state index contributed by atoms with van der Waals surface area (Å²) >= 11 is 0. The van der Waals surface area contributed by atoms with Gasteiger partial charge in [0.15, 0.2) is 0 Å². The Bertz CT molecular complexity index is 866. The van der Waals surface area contributed by atoms with Gasteiger partial charge in [-0.25, -0.2) is 0 Å². The number of rotatable bonds is 6. The molecular weight excluding hydrogens is 428 g/mol. The van der Waals surface area contributed by atoms with E-state index in [1.807, 2.05) is 0 Å². The fourth-order valence-electron chi connectivity index (χ4n) is 10.4. The van der Waals surface area contributed by atoms with Gasteiger partial charge in [0.2, 0.25) is 0 Å². The van der Waals surface area contributed by atoms with E-state index < -0.39 is 0 Å². The van der Waals surface area contributed by atoms with Crippen LogP contribution in [0.4, 0.5) is 0 Å². The lowest BCUT2D eigenvalue weighted by molar-refractivity contribution is -0.226. The van der Waals surface area contributed by atoms with Gasteiger partial charge in [-0.3, -0.25) is 4.79 Å². The molecule has 0 aromatic rings. The van der Waals surface area contributed by atoms with Crippen LogP contribution in [0.1, 0.15) is 120 Å². The molecule has 0 aromatic heterocycles. The van der Waals surface area contributed by atoms with Gasteiger partial charge in [-0.2, -0.15) is 0 Å². The molecule has 35 heavy (non-hydrogen) atoms. The molecule has 0 aromatic carbocycles. The van der Waals surface area contributed by atoms with Crippen LogP contribution in [0, 0.1) is 51.2 Å². The van der Waals surface area contributed by atoms with Crippen molar-refractivity contribution < 1.29 is 9.53 Å². The third kappa shape index (κ3) is 4.08. The summed E-state index contributed by atoms with van der Waals surface area (Å²) in [5.41, 5.74) is 4.06. The van der Waals surface area contributed by atoms with Gasteiger partial charge in [0.05, 0.1) is 0 Å². The molecule has 0 bridgehead atoms. The first-order valence-electron chi connectivity index (χ1n) is 14.7. The van der Waals surface area contributed by atoms with E-state index in [0.717, 1.165) is 31.1 Å². The molecule has 0 spiro atoms. The Kier molecular flexibility index (Phi) is 6.98. The zero-order chi connectivity index (χ0) is 26.0. The van der Waals surface area contributed by atoms with E-state index in [-0.39, 0.29) is 17.5 Å². The van der Waals surface area contributed by atoms with Crippen LogP contribution in [-0.2, 0) is 9.53 Å². The van der Waals surface area contributed by atoms with E-state index >= 15 is 0 Å². The highest BCUT2D eigenvalue weighted by Crippen LogP contribution is 2.75. The molecular formula is C33H54O2. The van der Waals surface area contributed by atoms with Crippen LogP contribution in [-0.4, -0.2) is 12.1 Å². The van der Waals surface area contributed by atoms with Crippen molar-refractivity contribution in [1.29, 1.82) is 0 Å². The first kappa shape index (κ1) is 27.0. The quantitative estimate of drug-likeness (QED) is 0.279. The lowest BCUT2D eigenvalue weighted by atomic mass is 9.35. The Hall–Kier alpha value is -1.05. The molecule has 0 aliphatic heterocycles. The molecule has 0 unspecified atom stereocenters. The Morgan fingerprint density at radius 3 is 2.14 bits per heavy atom. The molecule has 0 saturated heterocycles. The van der Waals surface area contributed by atoms with Gasteiger partial charge in [-0.1, -0.05) is 72.8 Å². The molecule has 4 fully saturated rings. The van der Waals surface area contributed by atoms with Crippen molar-refractivity contribution in [1.82, 2.24) is 0 Å². The molecule has 4 aliphatic rings. The predicted molar refractivity (Wildman–Crippen MR) is 147 cm³/mol. The van der Waals surface area contributed by atoms with E-state index in [4.69, 9.17) is 4.74 Å². The van der Waals surface area contributed by atoms with Gasteiger partial charge in [0.1, 0.15) is 6.10 Å². The summed E-state index contributed by atoms with van der Waals surface area (Å²) in [4.78, 5) is 11.9. The van der Waals surface area contributed by atoms with Crippen LogP contribution in [0.5, 0.6) is 0 Å². The van der Waals surface area contributed by atoms with Crippen molar-refractivity contribution in [2.45, 2.75) is 126 Å². The first-order valence-corrected chi connectivity index (χ1v) is 14.7. The Labute approximate surface area is 216 Å².